The smallest absolute Gasteiger partial charge is 0.226 e. The van der Waals surface area contributed by atoms with Crippen molar-refractivity contribution in [2.24, 2.45) is 0 Å². The van der Waals surface area contributed by atoms with Crippen LogP contribution < -0.4 is 10.6 Å². The van der Waals surface area contributed by atoms with Crippen molar-refractivity contribution < 1.29 is 0 Å². The molecule has 0 bridgehead atoms. The number of anilines is 2. The number of nitrogens with one attached hydrogen (secondary N) is 2. The van der Waals surface area contributed by atoms with Crippen LogP contribution in [0.2, 0.25) is 10.6 Å². The summed E-state index contributed by atoms with van der Waals surface area (Å²) in [7, 11) is 0. The standard InChI is InChI=1S/2C18H20ClN5/c2*19-18-22-16(20-11-10-13-6-2-1-3-7-13)15-17(23-18)24(12-21-15)14-8-4-5-9-14/h2*1-3,6-7,12,14H,4-5,8-11H2,(H,20,22,23). The molecule has 8 rings (SSSR count). The number of imidazole rings is 2. The van der Waals surface area contributed by atoms with Gasteiger partial charge >= 0.3 is 0 Å². The Labute approximate surface area is 290 Å². The number of aromatic nitrogens is 8. The van der Waals surface area contributed by atoms with Crippen LogP contribution in [0.1, 0.15) is 74.6 Å². The maximum atomic E-state index is 6.15. The van der Waals surface area contributed by atoms with E-state index in [1.54, 1.807) is 0 Å². The van der Waals surface area contributed by atoms with Crippen LogP contribution in [-0.2, 0) is 12.8 Å². The van der Waals surface area contributed by atoms with Crippen molar-refractivity contribution in [3.05, 3.63) is 95.0 Å². The number of hydrogen-bond acceptors (Lipinski definition) is 8. The van der Waals surface area contributed by atoms with Gasteiger partial charge in [0.1, 0.15) is 0 Å². The average Bonchev–Trinajstić information content (AvgIpc) is 3.93. The van der Waals surface area contributed by atoms with Crippen LogP contribution >= 0.6 is 23.2 Å². The maximum Gasteiger partial charge on any atom is 0.226 e. The lowest BCUT2D eigenvalue weighted by molar-refractivity contribution is 0.529. The summed E-state index contributed by atoms with van der Waals surface area (Å²) in [4.78, 5) is 26.6. The van der Waals surface area contributed by atoms with Crippen LogP contribution in [0, 0.1) is 0 Å². The second-order valence-electron chi connectivity index (χ2n) is 12.5. The third-order valence-corrected chi connectivity index (χ3v) is 9.66. The van der Waals surface area contributed by atoms with Crippen molar-refractivity contribution in [1.29, 1.82) is 0 Å². The van der Waals surface area contributed by atoms with Gasteiger partial charge in [-0.3, -0.25) is 0 Å². The molecule has 248 valence electrons. The third kappa shape index (κ3) is 7.55. The van der Waals surface area contributed by atoms with Crippen LogP contribution in [0.5, 0.6) is 0 Å². The Bertz CT molecular complexity index is 1790. The minimum absolute atomic E-state index is 0.268. The van der Waals surface area contributed by atoms with Gasteiger partial charge in [0.2, 0.25) is 10.6 Å². The summed E-state index contributed by atoms with van der Waals surface area (Å²) in [5, 5.41) is 7.28. The van der Waals surface area contributed by atoms with Gasteiger partial charge in [0, 0.05) is 25.2 Å². The first-order chi connectivity index (χ1) is 23.6. The van der Waals surface area contributed by atoms with E-state index < -0.39 is 0 Å². The lowest BCUT2D eigenvalue weighted by atomic mass is 10.1. The van der Waals surface area contributed by atoms with E-state index in [1.165, 1.54) is 62.5 Å². The van der Waals surface area contributed by atoms with Crippen molar-refractivity contribution in [2.75, 3.05) is 23.7 Å². The molecule has 2 fully saturated rings. The predicted molar refractivity (Wildman–Crippen MR) is 193 cm³/mol. The van der Waals surface area contributed by atoms with Crippen molar-refractivity contribution in [3.8, 4) is 0 Å². The highest BCUT2D eigenvalue weighted by Crippen LogP contribution is 2.34. The molecule has 0 atom stereocenters. The van der Waals surface area contributed by atoms with Gasteiger partial charge < -0.3 is 19.8 Å². The van der Waals surface area contributed by atoms with Gasteiger partial charge in [-0.2, -0.15) is 19.9 Å². The highest BCUT2D eigenvalue weighted by molar-refractivity contribution is 6.29. The minimum Gasteiger partial charge on any atom is -0.368 e. The second-order valence-corrected chi connectivity index (χ2v) is 13.2. The van der Waals surface area contributed by atoms with Gasteiger partial charge in [0.05, 0.1) is 12.7 Å². The summed E-state index contributed by atoms with van der Waals surface area (Å²) in [5.41, 5.74) is 5.86. The van der Waals surface area contributed by atoms with Gasteiger partial charge in [-0.1, -0.05) is 86.3 Å². The van der Waals surface area contributed by atoms with Crippen LogP contribution in [0.4, 0.5) is 11.6 Å². The molecule has 10 nitrogen and oxygen atoms in total. The van der Waals surface area contributed by atoms with Crippen molar-refractivity contribution in [3.63, 3.8) is 0 Å². The Kier molecular flexibility index (Phi) is 10.3. The Hall–Kier alpha value is -4.28. The van der Waals surface area contributed by atoms with E-state index in [9.17, 15) is 0 Å². The lowest BCUT2D eigenvalue weighted by Gasteiger charge is -2.12. The number of benzene rings is 2. The molecule has 2 aliphatic carbocycles. The van der Waals surface area contributed by atoms with Gasteiger partial charge in [-0.05, 0) is 72.9 Å². The Morgan fingerprint density at radius 1 is 0.562 bits per heavy atom. The molecule has 0 aliphatic heterocycles. The first-order valence-corrected chi connectivity index (χ1v) is 17.7. The summed E-state index contributed by atoms with van der Waals surface area (Å²) in [6, 6.07) is 21.7. The fourth-order valence-electron chi connectivity index (χ4n) is 6.87. The minimum atomic E-state index is 0.268. The monoisotopic (exact) mass is 682 g/mol. The van der Waals surface area contributed by atoms with Gasteiger partial charge in [0.15, 0.2) is 34.0 Å². The fraction of sp³-hybridized carbons (Fsp3) is 0.389. The van der Waals surface area contributed by atoms with E-state index in [-0.39, 0.29) is 10.6 Å². The molecule has 0 spiro atoms. The lowest BCUT2D eigenvalue weighted by Crippen LogP contribution is -2.09. The van der Waals surface area contributed by atoms with E-state index >= 15 is 0 Å². The van der Waals surface area contributed by atoms with E-state index in [0.29, 0.717) is 12.1 Å². The number of rotatable bonds is 10. The van der Waals surface area contributed by atoms with Crippen molar-refractivity contribution >= 4 is 57.2 Å². The summed E-state index contributed by atoms with van der Waals surface area (Å²) >= 11 is 12.3. The van der Waals surface area contributed by atoms with Gasteiger partial charge in [-0.15, -0.1) is 0 Å². The van der Waals surface area contributed by atoms with Gasteiger partial charge in [0.25, 0.3) is 0 Å². The number of nitrogens with zero attached hydrogens (tertiary/aromatic N) is 8. The molecule has 0 saturated heterocycles. The zero-order valence-electron chi connectivity index (χ0n) is 26.9. The largest absolute Gasteiger partial charge is 0.368 e. The van der Waals surface area contributed by atoms with Crippen LogP contribution in [0.25, 0.3) is 22.3 Å². The second kappa shape index (κ2) is 15.3. The molecule has 2 aliphatic rings. The average molecular weight is 684 g/mol. The van der Waals surface area contributed by atoms with Crippen LogP contribution in [0.3, 0.4) is 0 Å². The van der Waals surface area contributed by atoms with Crippen LogP contribution in [0.15, 0.2) is 73.3 Å². The van der Waals surface area contributed by atoms with E-state index in [0.717, 1.165) is 59.9 Å². The molecule has 0 amide bonds. The Balaban J connectivity index is 0.000000152. The Morgan fingerprint density at radius 2 is 0.958 bits per heavy atom. The van der Waals surface area contributed by atoms with E-state index in [1.807, 2.05) is 24.8 Å². The SMILES string of the molecule is Clc1nc(NCCc2ccccc2)c2ncn(C3CCCC3)c2n1.Clc1nc(NCCc2ccccc2)c2ncn(C3CCCC3)c2n1. The topological polar surface area (TPSA) is 111 Å². The molecule has 6 aromatic rings. The zero-order valence-corrected chi connectivity index (χ0v) is 28.4. The molecule has 48 heavy (non-hydrogen) atoms. The van der Waals surface area contributed by atoms with Crippen LogP contribution in [-0.4, -0.2) is 52.1 Å². The normalized spacial score (nSPS) is 15.2. The molecule has 12 heteroatoms. The number of fused-ring (bicyclic) bond motifs is 2. The summed E-state index contributed by atoms with van der Waals surface area (Å²) < 4.78 is 4.33. The molecule has 0 unspecified atom stereocenters. The molecule has 2 aromatic carbocycles. The molecule has 2 saturated carbocycles. The first kappa shape index (κ1) is 32.3. The summed E-state index contributed by atoms with van der Waals surface area (Å²) in [6.45, 7) is 1.56. The molecular formula is C36H40Cl2N10. The maximum absolute atomic E-state index is 6.15. The van der Waals surface area contributed by atoms with Gasteiger partial charge in [-0.25, -0.2) is 9.97 Å². The zero-order chi connectivity index (χ0) is 32.7. The highest BCUT2D eigenvalue weighted by Gasteiger charge is 2.23. The van der Waals surface area contributed by atoms with Crippen molar-refractivity contribution in [1.82, 2.24) is 39.0 Å². The van der Waals surface area contributed by atoms with Crippen molar-refractivity contribution in [2.45, 2.75) is 76.3 Å². The molecule has 4 heterocycles. The first-order valence-electron chi connectivity index (χ1n) is 17.0. The molecular weight excluding hydrogens is 643 g/mol. The van der Waals surface area contributed by atoms with E-state index in [4.69, 9.17) is 23.2 Å². The third-order valence-electron chi connectivity index (χ3n) is 9.32. The fourth-order valence-corrected chi connectivity index (χ4v) is 7.19. The summed E-state index contributed by atoms with van der Waals surface area (Å²) in [6.07, 6.45) is 15.4. The quantitative estimate of drug-likeness (QED) is 0.138. The van der Waals surface area contributed by atoms with E-state index in [2.05, 4.69) is 98.2 Å². The molecule has 4 aromatic heterocycles. The number of hydrogen-bond donors (Lipinski definition) is 2. The number of halogens is 2. The molecule has 2 N–H and O–H groups in total. The highest BCUT2D eigenvalue weighted by atomic mass is 35.5. The predicted octanol–water partition coefficient (Wildman–Crippen LogP) is 8.50. The molecule has 0 radical (unpaired) electrons. The summed E-state index contributed by atoms with van der Waals surface area (Å²) in [5.74, 6) is 1.44. The Morgan fingerprint density at radius 3 is 1.35 bits per heavy atom.